The van der Waals surface area contributed by atoms with Crippen LogP contribution >= 0.6 is 0 Å². The van der Waals surface area contributed by atoms with Gasteiger partial charge in [-0.15, -0.1) is 0 Å². The molecular weight excluding hydrogens is 538 g/mol. The third-order valence-corrected chi connectivity index (χ3v) is 14.7. The Labute approximate surface area is 260 Å². The third-order valence-electron chi connectivity index (χ3n) is 14.7. The number of hydroxylamine groups is 2. The molecule has 0 aromatic rings. The first-order valence-corrected chi connectivity index (χ1v) is 17.4. The molecule has 240 valence electrons. The quantitative estimate of drug-likeness (QED) is 0.239. The first kappa shape index (κ1) is 31.3. The van der Waals surface area contributed by atoms with Crippen molar-refractivity contribution in [2.45, 2.75) is 145 Å². The molecule has 0 bridgehead atoms. The van der Waals surface area contributed by atoms with Gasteiger partial charge in [0, 0.05) is 23.7 Å². The molecule has 9 atom stereocenters. The number of rotatable bonds is 5. The van der Waals surface area contributed by atoms with Gasteiger partial charge in [-0.25, -0.2) is 5.06 Å². The smallest absolute Gasteiger partial charge is 0.302 e. The molecule has 6 aliphatic carbocycles. The second-order valence-electron chi connectivity index (χ2n) is 17.5. The number of carbonyl (C=O) groups excluding carboxylic acids is 3. The summed E-state index contributed by atoms with van der Waals surface area (Å²) in [7, 11) is 0. The maximum atomic E-state index is 14.7. The van der Waals surface area contributed by atoms with Crippen LogP contribution in [0.3, 0.4) is 0 Å². The van der Waals surface area contributed by atoms with Gasteiger partial charge in [-0.2, -0.15) is 0 Å². The Morgan fingerprint density at radius 1 is 0.907 bits per heavy atom. The molecule has 0 aliphatic heterocycles. The highest BCUT2D eigenvalue weighted by molar-refractivity contribution is 5.95. The van der Waals surface area contributed by atoms with Crippen molar-refractivity contribution in [3.63, 3.8) is 0 Å². The van der Waals surface area contributed by atoms with E-state index in [4.69, 9.17) is 9.57 Å². The Morgan fingerprint density at radius 3 is 2.21 bits per heavy atom. The van der Waals surface area contributed by atoms with Gasteiger partial charge in [-0.05, 0) is 117 Å². The molecule has 5 fully saturated rings. The molecule has 1 unspecified atom stereocenters. The minimum absolute atomic E-state index is 0.0469. The molecule has 0 saturated heterocycles. The molecule has 0 N–H and O–H groups in total. The van der Waals surface area contributed by atoms with Crippen molar-refractivity contribution in [2.75, 3.05) is 6.61 Å². The molecule has 6 rings (SSSR count). The number of ketones is 1. The molecule has 0 aromatic heterocycles. The predicted octanol–water partition coefficient (Wildman–Crippen LogP) is 7.84. The Morgan fingerprint density at radius 2 is 1.58 bits per heavy atom. The summed E-state index contributed by atoms with van der Waals surface area (Å²) >= 11 is 0. The number of nitrogens with zero attached hydrogens (tertiary/aromatic N) is 1. The summed E-state index contributed by atoms with van der Waals surface area (Å²) in [4.78, 5) is 46.7. The summed E-state index contributed by atoms with van der Waals surface area (Å²) in [6, 6.07) is 0.223. The van der Waals surface area contributed by atoms with Crippen LogP contribution in [0.4, 0.5) is 0 Å². The molecule has 1 amide bonds. The molecule has 6 aliphatic rings. The van der Waals surface area contributed by atoms with Crippen LogP contribution in [-0.2, 0) is 24.0 Å². The number of esters is 1. The predicted molar refractivity (Wildman–Crippen MR) is 166 cm³/mol. The van der Waals surface area contributed by atoms with Crippen LogP contribution in [-0.4, -0.2) is 41.5 Å². The van der Waals surface area contributed by atoms with E-state index in [0.717, 1.165) is 70.6 Å². The van der Waals surface area contributed by atoms with E-state index in [0.29, 0.717) is 18.3 Å². The van der Waals surface area contributed by atoms with Crippen LogP contribution in [0.5, 0.6) is 0 Å². The minimum Gasteiger partial charge on any atom is -0.462 e. The van der Waals surface area contributed by atoms with Crippen LogP contribution in [0.15, 0.2) is 11.6 Å². The summed E-state index contributed by atoms with van der Waals surface area (Å²) < 4.78 is 5.88. The van der Waals surface area contributed by atoms with Gasteiger partial charge < -0.3 is 4.74 Å². The normalized spacial score (nSPS) is 46.8. The minimum atomic E-state index is -0.482. The van der Waals surface area contributed by atoms with Gasteiger partial charge in [0.2, 0.25) is 0 Å². The van der Waals surface area contributed by atoms with E-state index in [1.807, 2.05) is 6.92 Å². The highest BCUT2D eigenvalue weighted by atomic mass is 16.7. The van der Waals surface area contributed by atoms with Gasteiger partial charge in [-0.3, -0.25) is 19.2 Å². The molecular formula is C37H57NO5. The molecule has 43 heavy (non-hydrogen) atoms. The topological polar surface area (TPSA) is 72.9 Å². The average molecular weight is 596 g/mol. The van der Waals surface area contributed by atoms with Gasteiger partial charge in [0.15, 0.2) is 5.78 Å². The standard InChI is InChI=1S/C37H57NO5/c1-10-42-38(24-11-12-24)31(41)34(6)18-17-33(5)19-20-36(8)25(26(33)22-34)21-27(40)30-35(7)15-14-29(43-23(2)39)32(3,4)28(35)13-16-37(30,36)9/h21,24,26,28-30H,10-20,22H2,1-9H3/t26-,28?,29-,30+,33+,34-,35-,36+,37+/m0/s1. The van der Waals surface area contributed by atoms with Crippen LogP contribution in [0.2, 0.25) is 0 Å². The summed E-state index contributed by atoms with van der Waals surface area (Å²) in [5.41, 5.74) is 0.408. The first-order valence-electron chi connectivity index (χ1n) is 17.4. The highest BCUT2D eigenvalue weighted by Crippen LogP contribution is 2.75. The Kier molecular flexibility index (Phi) is 7.21. The average Bonchev–Trinajstić information content (AvgIpc) is 3.76. The van der Waals surface area contributed by atoms with Crippen molar-refractivity contribution in [3.05, 3.63) is 11.6 Å². The lowest BCUT2D eigenvalue weighted by molar-refractivity contribution is -0.212. The number of ether oxygens (including phenoxy) is 1. The molecule has 6 nitrogen and oxygen atoms in total. The van der Waals surface area contributed by atoms with Crippen LogP contribution in [0, 0.1) is 50.2 Å². The number of allylic oxidation sites excluding steroid dienone is 2. The third kappa shape index (κ3) is 4.37. The zero-order valence-electron chi connectivity index (χ0n) is 28.4. The Hall–Kier alpha value is -1.69. The zero-order chi connectivity index (χ0) is 31.4. The number of carbonyl (C=O) groups is 3. The fourth-order valence-corrected chi connectivity index (χ4v) is 11.8. The van der Waals surface area contributed by atoms with E-state index >= 15 is 0 Å². The van der Waals surface area contributed by atoms with Crippen LogP contribution in [0.25, 0.3) is 0 Å². The zero-order valence-corrected chi connectivity index (χ0v) is 28.4. The van der Waals surface area contributed by atoms with E-state index in [1.165, 1.54) is 12.5 Å². The van der Waals surface area contributed by atoms with Gasteiger partial charge in [-0.1, -0.05) is 54.0 Å². The maximum Gasteiger partial charge on any atom is 0.302 e. The maximum absolute atomic E-state index is 14.7. The van der Waals surface area contributed by atoms with Crippen molar-refractivity contribution < 1.29 is 24.0 Å². The van der Waals surface area contributed by atoms with E-state index in [9.17, 15) is 14.4 Å². The molecule has 5 saturated carbocycles. The molecule has 0 heterocycles. The van der Waals surface area contributed by atoms with Crippen molar-refractivity contribution in [1.82, 2.24) is 5.06 Å². The van der Waals surface area contributed by atoms with E-state index in [-0.39, 0.29) is 62.9 Å². The molecule has 0 spiro atoms. The Balaban J connectivity index is 1.36. The van der Waals surface area contributed by atoms with Crippen molar-refractivity contribution in [1.29, 1.82) is 0 Å². The highest BCUT2D eigenvalue weighted by Gasteiger charge is 2.70. The fourth-order valence-electron chi connectivity index (χ4n) is 11.8. The number of hydrogen-bond donors (Lipinski definition) is 0. The van der Waals surface area contributed by atoms with Crippen molar-refractivity contribution >= 4 is 17.7 Å². The number of hydrogen-bond acceptors (Lipinski definition) is 5. The summed E-state index contributed by atoms with van der Waals surface area (Å²) in [5, 5.41) is 1.72. The second kappa shape index (κ2) is 9.90. The lowest BCUT2D eigenvalue weighted by Crippen LogP contribution is -2.66. The molecule has 6 heteroatoms. The molecule has 0 aromatic carbocycles. The number of fused-ring (bicyclic) bond motifs is 7. The first-order chi connectivity index (χ1) is 20.0. The van der Waals surface area contributed by atoms with Crippen molar-refractivity contribution in [2.24, 2.45) is 50.2 Å². The second-order valence-corrected chi connectivity index (χ2v) is 17.5. The van der Waals surface area contributed by atoms with Crippen molar-refractivity contribution in [3.8, 4) is 0 Å². The van der Waals surface area contributed by atoms with E-state index in [1.54, 1.807) is 5.06 Å². The lowest BCUT2D eigenvalue weighted by Gasteiger charge is -2.70. The SMILES string of the molecule is CCON(C(=O)[C@@]1(C)CC[C@]2(C)CC[C@]3(C)C(=CC(=O)[C@@H]4[C@@]5(C)CC[C@H](OC(C)=O)C(C)(C)C5CC[C@]43C)[C@@H]2C1)C1CC1. The summed E-state index contributed by atoms with van der Waals surface area (Å²) in [6.07, 6.45) is 12.8. The van der Waals surface area contributed by atoms with Gasteiger partial charge in [0.1, 0.15) is 6.10 Å². The molecule has 0 radical (unpaired) electrons. The lowest BCUT2D eigenvalue weighted by atomic mass is 9.33. The van der Waals surface area contributed by atoms with Crippen LogP contribution in [0.1, 0.15) is 133 Å². The van der Waals surface area contributed by atoms with E-state index in [2.05, 4.69) is 54.5 Å². The summed E-state index contributed by atoms with van der Waals surface area (Å²) in [5.74, 6) is 0.740. The van der Waals surface area contributed by atoms with Gasteiger partial charge >= 0.3 is 5.97 Å². The van der Waals surface area contributed by atoms with E-state index < -0.39 is 5.41 Å². The summed E-state index contributed by atoms with van der Waals surface area (Å²) in [6.45, 7) is 20.4. The van der Waals surface area contributed by atoms with Gasteiger partial charge in [0.05, 0.1) is 12.6 Å². The monoisotopic (exact) mass is 595 g/mol. The van der Waals surface area contributed by atoms with Crippen LogP contribution < -0.4 is 0 Å². The largest absolute Gasteiger partial charge is 0.462 e. The Bertz CT molecular complexity index is 1240. The number of amides is 1. The van der Waals surface area contributed by atoms with Gasteiger partial charge in [0.25, 0.3) is 5.91 Å². The fraction of sp³-hybridized carbons (Fsp3) is 0.865.